The number of carbonyl (C=O) groups excluding carboxylic acids is 1. The lowest BCUT2D eigenvalue weighted by Gasteiger charge is -2.09. The molecule has 0 atom stereocenters. The summed E-state index contributed by atoms with van der Waals surface area (Å²) >= 11 is 0. The Kier molecular flexibility index (Phi) is 3.88. The lowest BCUT2D eigenvalue weighted by Crippen LogP contribution is -2.30. The van der Waals surface area contributed by atoms with E-state index in [9.17, 15) is 14.4 Å². The fourth-order valence-corrected chi connectivity index (χ4v) is 1.68. The lowest BCUT2D eigenvalue weighted by molar-refractivity contribution is 0.0696. The number of urea groups is 1. The second-order valence-corrected chi connectivity index (χ2v) is 4.69. The summed E-state index contributed by atoms with van der Waals surface area (Å²) < 4.78 is 0. The number of hydrogen-bond acceptors (Lipinski definition) is 3. The van der Waals surface area contributed by atoms with Gasteiger partial charge in [0.15, 0.2) is 0 Å². The third-order valence-corrected chi connectivity index (χ3v) is 2.93. The van der Waals surface area contributed by atoms with Gasteiger partial charge in [-0.25, -0.2) is 14.4 Å². The van der Waals surface area contributed by atoms with Gasteiger partial charge in [0, 0.05) is 12.2 Å². The predicted molar refractivity (Wildman–Crippen MR) is 70.1 cm³/mol. The van der Waals surface area contributed by atoms with Gasteiger partial charge in [-0.2, -0.15) is 0 Å². The van der Waals surface area contributed by atoms with Crippen LogP contribution >= 0.6 is 0 Å². The Bertz CT molecular complexity index is 534. The van der Waals surface area contributed by atoms with Crippen LogP contribution in [0.4, 0.5) is 10.5 Å². The summed E-state index contributed by atoms with van der Waals surface area (Å²) in [6.07, 6.45) is 2.19. The van der Waals surface area contributed by atoms with E-state index in [2.05, 4.69) is 10.6 Å². The van der Waals surface area contributed by atoms with E-state index in [0.717, 1.165) is 18.9 Å². The molecule has 0 aliphatic heterocycles. The van der Waals surface area contributed by atoms with Gasteiger partial charge in [0.05, 0.1) is 11.1 Å². The minimum absolute atomic E-state index is 0.135. The van der Waals surface area contributed by atoms with Gasteiger partial charge >= 0.3 is 18.0 Å². The first-order valence-electron chi connectivity index (χ1n) is 6.12. The van der Waals surface area contributed by atoms with Crippen LogP contribution in [0.2, 0.25) is 0 Å². The summed E-state index contributed by atoms with van der Waals surface area (Å²) in [7, 11) is 0. The molecule has 0 spiro atoms. The van der Waals surface area contributed by atoms with Crippen molar-refractivity contribution in [3.05, 3.63) is 29.3 Å². The zero-order valence-electron chi connectivity index (χ0n) is 10.5. The summed E-state index contributed by atoms with van der Waals surface area (Å²) in [5.74, 6) is -2.00. The van der Waals surface area contributed by atoms with E-state index in [1.807, 2.05) is 0 Å². The standard InChI is InChI=1S/C13H14N2O5/c16-11(17)8-3-9(12(18)19)5-10(4-8)15-13(20)14-6-7-1-2-7/h3-5,7H,1-2,6H2,(H,16,17)(H,18,19)(H2,14,15,20). The molecule has 0 unspecified atom stereocenters. The van der Waals surface area contributed by atoms with Crippen molar-refractivity contribution in [1.29, 1.82) is 0 Å². The molecule has 1 aliphatic carbocycles. The van der Waals surface area contributed by atoms with Crippen molar-refractivity contribution in [2.45, 2.75) is 12.8 Å². The van der Waals surface area contributed by atoms with Crippen LogP contribution in [0.5, 0.6) is 0 Å². The maximum atomic E-state index is 11.6. The SMILES string of the molecule is O=C(NCC1CC1)Nc1cc(C(=O)O)cc(C(=O)O)c1. The first kappa shape index (κ1) is 13.9. The highest BCUT2D eigenvalue weighted by molar-refractivity contribution is 5.98. The van der Waals surface area contributed by atoms with Crippen LogP contribution in [0.1, 0.15) is 33.6 Å². The van der Waals surface area contributed by atoms with E-state index in [-0.39, 0.29) is 16.8 Å². The number of nitrogens with one attached hydrogen (secondary N) is 2. The number of carboxylic acid groups (broad SMARTS) is 2. The Morgan fingerprint density at radius 3 is 2.05 bits per heavy atom. The van der Waals surface area contributed by atoms with Crippen LogP contribution in [0.15, 0.2) is 18.2 Å². The monoisotopic (exact) mass is 278 g/mol. The number of benzene rings is 1. The fraction of sp³-hybridized carbons (Fsp3) is 0.308. The molecular formula is C13H14N2O5. The molecule has 2 amide bonds. The summed E-state index contributed by atoms with van der Waals surface area (Å²) in [5.41, 5.74) is -0.250. The van der Waals surface area contributed by atoms with Gasteiger partial charge in [-0.3, -0.25) is 0 Å². The Hall–Kier alpha value is -2.57. The highest BCUT2D eigenvalue weighted by Crippen LogP contribution is 2.27. The second-order valence-electron chi connectivity index (χ2n) is 4.69. The topological polar surface area (TPSA) is 116 Å². The van der Waals surface area contributed by atoms with Crippen LogP contribution in [-0.2, 0) is 0 Å². The molecule has 0 saturated heterocycles. The molecule has 2 rings (SSSR count). The van der Waals surface area contributed by atoms with Gasteiger partial charge in [-0.05, 0) is 37.0 Å². The summed E-state index contributed by atoms with van der Waals surface area (Å²) in [5, 5.41) is 22.9. The van der Waals surface area contributed by atoms with Gasteiger partial charge in [0.2, 0.25) is 0 Å². The van der Waals surface area contributed by atoms with Gasteiger partial charge in [0.1, 0.15) is 0 Å². The van der Waals surface area contributed by atoms with Crippen molar-refractivity contribution in [1.82, 2.24) is 5.32 Å². The molecule has 0 heterocycles. The molecule has 106 valence electrons. The highest BCUT2D eigenvalue weighted by atomic mass is 16.4. The van der Waals surface area contributed by atoms with Crippen molar-refractivity contribution in [3.63, 3.8) is 0 Å². The molecule has 1 aliphatic rings. The molecular weight excluding hydrogens is 264 g/mol. The third kappa shape index (κ3) is 3.71. The molecule has 7 nitrogen and oxygen atoms in total. The van der Waals surface area contributed by atoms with Gasteiger partial charge in [-0.1, -0.05) is 0 Å². The molecule has 0 bridgehead atoms. The van der Waals surface area contributed by atoms with Crippen LogP contribution < -0.4 is 10.6 Å². The summed E-state index contributed by atoms with van der Waals surface area (Å²) in [4.78, 5) is 33.4. The average molecular weight is 278 g/mol. The third-order valence-electron chi connectivity index (χ3n) is 2.93. The molecule has 0 radical (unpaired) electrons. The number of anilines is 1. The molecule has 1 aromatic rings. The molecule has 4 N–H and O–H groups in total. The number of aromatic carboxylic acids is 2. The first-order chi connectivity index (χ1) is 9.45. The van der Waals surface area contributed by atoms with Crippen LogP contribution in [-0.4, -0.2) is 34.7 Å². The zero-order chi connectivity index (χ0) is 14.7. The molecule has 1 aromatic carbocycles. The zero-order valence-corrected chi connectivity index (χ0v) is 10.5. The Morgan fingerprint density at radius 1 is 1.05 bits per heavy atom. The smallest absolute Gasteiger partial charge is 0.335 e. The Labute approximate surface area is 114 Å². The Balaban J connectivity index is 2.10. The second kappa shape index (κ2) is 5.60. The van der Waals surface area contributed by atoms with E-state index in [0.29, 0.717) is 12.5 Å². The predicted octanol–water partition coefficient (Wildman–Crippen LogP) is 1.61. The maximum Gasteiger partial charge on any atom is 0.335 e. The number of amides is 2. The quantitative estimate of drug-likeness (QED) is 0.653. The molecule has 7 heteroatoms. The largest absolute Gasteiger partial charge is 0.478 e. The lowest BCUT2D eigenvalue weighted by atomic mass is 10.1. The van der Waals surface area contributed by atoms with E-state index in [1.54, 1.807) is 0 Å². The molecule has 1 saturated carbocycles. The molecule has 0 aromatic heterocycles. The van der Waals surface area contributed by atoms with Crippen LogP contribution in [0.3, 0.4) is 0 Å². The van der Waals surface area contributed by atoms with Crippen LogP contribution in [0, 0.1) is 5.92 Å². The van der Waals surface area contributed by atoms with E-state index in [4.69, 9.17) is 10.2 Å². The highest BCUT2D eigenvalue weighted by Gasteiger charge is 2.21. The summed E-state index contributed by atoms with van der Waals surface area (Å²) in [6.45, 7) is 0.566. The van der Waals surface area contributed by atoms with Crippen molar-refractivity contribution in [2.75, 3.05) is 11.9 Å². The van der Waals surface area contributed by atoms with Crippen LogP contribution in [0.25, 0.3) is 0 Å². The van der Waals surface area contributed by atoms with Crippen molar-refractivity contribution in [2.24, 2.45) is 5.92 Å². The summed E-state index contributed by atoms with van der Waals surface area (Å²) in [6, 6.07) is 2.99. The van der Waals surface area contributed by atoms with Crippen molar-refractivity contribution < 1.29 is 24.6 Å². The fourth-order valence-electron chi connectivity index (χ4n) is 1.68. The number of carboxylic acids is 2. The van der Waals surface area contributed by atoms with Gasteiger partial charge in [-0.15, -0.1) is 0 Å². The van der Waals surface area contributed by atoms with E-state index < -0.39 is 18.0 Å². The van der Waals surface area contributed by atoms with Crippen molar-refractivity contribution >= 4 is 23.7 Å². The number of rotatable bonds is 5. The van der Waals surface area contributed by atoms with Gasteiger partial charge < -0.3 is 20.8 Å². The molecule has 1 fully saturated rings. The number of carbonyl (C=O) groups is 3. The van der Waals surface area contributed by atoms with E-state index in [1.165, 1.54) is 12.1 Å². The molecule has 20 heavy (non-hydrogen) atoms. The number of hydrogen-bond donors (Lipinski definition) is 4. The average Bonchev–Trinajstić information content (AvgIpc) is 3.19. The maximum absolute atomic E-state index is 11.6. The van der Waals surface area contributed by atoms with Crippen molar-refractivity contribution in [3.8, 4) is 0 Å². The normalized spacial score (nSPS) is 13.6. The van der Waals surface area contributed by atoms with E-state index >= 15 is 0 Å². The minimum Gasteiger partial charge on any atom is -0.478 e. The minimum atomic E-state index is -1.26. The Morgan fingerprint density at radius 2 is 1.60 bits per heavy atom. The first-order valence-corrected chi connectivity index (χ1v) is 6.12. The van der Waals surface area contributed by atoms with Gasteiger partial charge in [0.25, 0.3) is 0 Å².